The molecule has 1 fully saturated rings. The van der Waals surface area contributed by atoms with Gasteiger partial charge in [0, 0.05) is 17.9 Å². The van der Waals surface area contributed by atoms with Crippen LogP contribution in [0.1, 0.15) is 19.3 Å². The van der Waals surface area contributed by atoms with Crippen LogP contribution in [0.3, 0.4) is 0 Å². The molecule has 0 spiro atoms. The minimum Gasteiger partial charge on any atom is -0.480 e. The van der Waals surface area contributed by atoms with Gasteiger partial charge < -0.3 is 24.8 Å². The summed E-state index contributed by atoms with van der Waals surface area (Å²) in [6.07, 6.45) is -1.10. The normalized spacial score (nSPS) is 14.8. The number of aliphatic carboxylic acids is 1. The van der Waals surface area contributed by atoms with Gasteiger partial charge in [0.25, 0.3) is 11.8 Å². The molecule has 4 rings (SSSR count). The summed E-state index contributed by atoms with van der Waals surface area (Å²) in [6.45, 7) is -0.0162. The first-order valence-electron chi connectivity index (χ1n) is 11.2. The summed E-state index contributed by atoms with van der Waals surface area (Å²) in [5.74, 6) is -1.73. The monoisotopic (exact) mass is 597 g/mol. The molecule has 38 heavy (non-hydrogen) atoms. The first-order chi connectivity index (χ1) is 18.2. The van der Waals surface area contributed by atoms with Crippen molar-refractivity contribution in [3.63, 3.8) is 0 Å². The zero-order valence-electron chi connectivity index (χ0n) is 19.6. The van der Waals surface area contributed by atoms with Crippen molar-refractivity contribution >= 4 is 81.1 Å². The number of carboxylic acid groups (broad SMARTS) is 1. The number of benzene rings is 1. The van der Waals surface area contributed by atoms with E-state index in [-0.39, 0.29) is 38.1 Å². The minimum absolute atomic E-state index is 0.00241. The van der Waals surface area contributed by atoms with Crippen LogP contribution < -0.4 is 15.1 Å². The molecule has 0 saturated carbocycles. The second-order valence-electron chi connectivity index (χ2n) is 7.95. The van der Waals surface area contributed by atoms with Crippen LogP contribution in [-0.4, -0.2) is 67.9 Å². The van der Waals surface area contributed by atoms with Gasteiger partial charge in [-0.3, -0.25) is 14.5 Å². The standard InChI is InChI=1S/C24H21Cl2N3O7S2/c25-19-7-5-17(37-19)22(32)27-11-16-12-29(24(34)36-16)15-3-1-14(2-4-15)28(9-10-35-13-21(30)31)23(33)18-6-8-20(26)38-18/h1-8,16H,9-13H2,(H,27,32)(H,30,31)/t16-/m0/s1. The van der Waals surface area contributed by atoms with E-state index in [4.69, 9.17) is 37.8 Å². The predicted octanol–water partition coefficient (Wildman–Crippen LogP) is 4.62. The molecule has 1 aliphatic rings. The maximum absolute atomic E-state index is 13.1. The van der Waals surface area contributed by atoms with Crippen molar-refractivity contribution < 1.29 is 33.8 Å². The van der Waals surface area contributed by atoms with Crippen LogP contribution in [0.4, 0.5) is 16.2 Å². The molecule has 200 valence electrons. The van der Waals surface area contributed by atoms with Crippen LogP contribution in [0.15, 0.2) is 48.5 Å². The van der Waals surface area contributed by atoms with Crippen molar-refractivity contribution in [3.8, 4) is 0 Å². The molecule has 0 unspecified atom stereocenters. The second kappa shape index (κ2) is 12.6. The minimum atomic E-state index is -1.11. The van der Waals surface area contributed by atoms with Gasteiger partial charge in [0.15, 0.2) is 0 Å². The highest BCUT2D eigenvalue weighted by atomic mass is 35.5. The zero-order valence-corrected chi connectivity index (χ0v) is 22.7. The first kappa shape index (κ1) is 27.9. The molecule has 3 aromatic rings. The lowest BCUT2D eigenvalue weighted by Crippen LogP contribution is -2.34. The number of thiophene rings is 2. The molecule has 1 saturated heterocycles. The lowest BCUT2D eigenvalue weighted by atomic mass is 10.2. The number of amides is 3. The van der Waals surface area contributed by atoms with E-state index in [1.807, 2.05) is 0 Å². The SMILES string of the molecule is O=C(O)COCCN(C(=O)c1ccc(Cl)s1)c1ccc(N2C[C@H](CNC(=O)c3ccc(Cl)s3)OC2=O)cc1. The summed E-state index contributed by atoms with van der Waals surface area (Å²) in [5.41, 5.74) is 1.07. The topological polar surface area (TPSA) is 125 Å². The van der Waals surface area contributed by atoms with Crippen molar-refractivity contribution in [3.05, 3.63) is 67.0 Å². The maximum Gasteiger partial charge on any atom is 0.414 e. The molecule has 1 aromatic carbocycles. The van der Waals surface area contributed by atoms with E-state index < -0.39 is 24.8 Å². The van der Waals surface area contributed by atoms with Crippen molar-refractivity contribution in [2.45, 2.75) is 6.10 Å². The van der Waals surface area contributed by atoms with E-state index >= 15 is 0 Å². The number of nitrogens with one attached hydrogen (secondary N) is 1. The number of rotatable bonds is 11. The molecule has 0 aliphatic carbocycles. The summed E-state index contributed by atoms with van der Waals surface area (Å²) in [4.78, 5) is 52.4. The molecule has 0 radical (unpaired) electrons. The van der Waals surface area contributed by atoms with Gasteiger partial charge in [0.05, 0.1) is 38.1 Å². The van der Waals surface area contributed by atoms with Gasteiger partial charge in [-0.2, -0.15) is 0 Å². The Morgan fingerprint density at radius 3 is 2.32 bits per heavy atom. The predicted molar refractivity (Wildman–Crippen MR) is 145 cm³/mol. The van der Waals surface area contributed by atoms with Crippen LogP contribution in [0.25, 0.3) is 0 Å². The smallest absolute Gasteiger partial charge is 0.414 e. The van der Waals surface area contributed by atoms with E-state index in [1.54, 1.807) is 48.5 Å². The van der Waals surface area contributed by atoms with Crippen molar-refractivity contribution in [2.24, 2.45) is 0 Å². The Balaban J connectivity index is 1.40. The summed E-state index contributed by atoms with van der Waals surface area (Å²) in [7, 11) is 0. The van der Waals surface area contributed by atoms with E-state index in [0.717, 1.165) is 22.7 Å². The Morgan fingerprint density at radius 1 is 1.05 bits per heavy atom. The Kier molecular flexibility index (Phi) is 9.23. The number of carbonyl (C=O) groups is 4. The molecule has 1 aliphatic heterocycles. The molecule has 0 bridgehead atoms. The zero-order chi connectivity index (χ0) is 27.2. The Labute approximate surface area is 235 Å². The Morgan fingerprint density at radius 2 is 1.71 bits per heavy atom. The molecule has 10 nitrogen and oxygen atoms in total. The summed E-state index contributed by atoms with van der Waals surface area (Å²) < 4.78 is 11.5. The van der Waals surface area contributed by atoms with Gasteiger partial charge in [-0.25, -0.2) is 9.59 Å². The van der Waals surface area contributed by atoms with Gasteiger partial charge in [-0.05, 0) is 48.5 Å². The van der Waals surface area contributed by atoms with Crippen LogP contribution in [0.2, 0.25) is 8.67 Å². The number of nitrogens with zero attached hydrogens (tertiary/aromatic N) is 2. The largest absolute Gasteiger partial charge is 0.480 e. The van der Waals surface area contributed by atoms with Crippen molar-refractivity contribution in [1.82, 2.24) is 5.32 Å². The summed E-state index contributed by atoms with van der Waals surface area (Å²) in [5, 5.41) is 11.5. The number of carbonyl (C=O) groups excluding carboxylic acids is 3. The van der Waals surface area contributed by atoms with Crippen LogP contribution >= 0.6 is 45.9 Å². The Bertz CT molecular complexity index is 1330. The van der Waals surface area contributed by atoms with E-state index in [0.29, 0.717) is 29.8 Å². The Hall–Kier alpha value is -3.16. The number of halogens is 2. The number of cyclic esters (lactones) is 1. The van der Waals surface area contributed by atoms with Gasteiger partial charge in [-0.1, -0.05) is 23.2 Å². The number of anilines is 2. The average molecular weight is 598 g/mol. The molecule has 3 amide bonds. The number of hydrogen-bond donors (Lipinski definition) is 2. The quantitative estimate of drug-likeness (QED) is 0.309. The third-order valence-electron chi connectivity index (χ3n) is 5.35. The fourth-order valence-electron chi connectivity index (χ4n) is 3.61. The van der Waals surface area contributed by atoms with E-state index in [1.165, 1.54) is 9.80 Å². The highest BCUT2D eigenvalue weighted by Gasteiger charge is 2.33. The van der Waals surface area contributed by atoms with Crippen LogP contribution in [0.5, 0.6) is 0 Å². The third-order valence-corrected chi connectivity index (χ3v) is 7.80. The van der Waals surface area contributed by atoms with Gasteiger partial charge >= 0.3 is 12.1 Å². The molecule has 3 heterocycles. The first-order valence-corrected chi connectivity index (χ1v) is 13.6. The lowest BCUT2D eigenvalue weighted by Gasteiger charge is -2.23. The third kappa shape index (κ3) is 7.03. The average Bonchev–Trinajstić information content (AvgIpc) is 3.62. The van der Waals surface area contributed by atoms with Crippen LogP contribution in [0, 0.1) is 0 Å². The molecule has 1 atom stereocenters. The summed E-state index contributed by atoms with van der Waals surface area (Å²) >= 11 is 14.1. The highest BCUT2D eigenvalue weighted by molar-refractivity contribution is 7.18. The number of hydrogen-bond acceptors (Lipinski definition) is 8. The molecule has 2 N–H and O–H groups in total. The molecular formula is C24H21Cl2N3O7S2. The second-order valence-corrected chi connectivity index (χ2v) is 11.4. The fourth-order valence-corrected chi connectivity index (χ4v) is 5.56. The number of ether oxygens (including phenoxy) is 2. The maximum atomic E-state index is 13.1. The van der Waals surface area contributed by atoms with Crippen molar-refractivity contribution in [2.75, 3.05) is 42.6 Å². The van der Waals surface area contributed by atoms with Gasteiger partial charge in [0.1, 0.15) is 12.7 Å². The summed E-state index contributed by atoms with van der Waals surface area (Å²) in [6, 6.07) is 13.2. The highest BCUT2D eigenvalue weighted by Crippen LogP contribution is 2.28. The van der Waals surface area contributed by atoms with Crippen LogP contribution in [-0.2, 0) is 14.3 Å². The molecule has 14 heteroatoms. The molecular weight excluding hydrogens is 577 g/mol. The van der Waals surface area contributed by atoms with Gasteiger partial charge in [-0.15, -0.1) is 22.7 Å². The fraction of sp³-hybridized carbons (Fsp3) is 0.250. The van der Waals surface area contributed by atoms with Crippen molar-refractivity contribution in [1.29, 1.82) is 0 Å². The van der Waals surface area contributed by atoms with E-state index in [9.17, 15) is 19.2 Å². The number of carboxylic acids is 1. The van der Waals surface area contributed by atoms with Gasteiger partial charge in [0.2, 0.25) is 0 Å². The lowest BCUT2D eigenvalue weighted by molar-refractivity contribution is -0.142. The van der Waals surface area contributed by atoms with E-state index in [2.05, 4.69) is 5.32 Å². The molecule has 2 aromatic heterocycles.